The summed E-state index contributed by atoms with van der Waals surface area (Å²) < 4.78 is 0. The van der Waals surface area contributed by atoms with Crippen LogP contribution in [0.1, 0.15) is 20.3 Å². The summed E-state index contributed by atoms with van der Waals surface area (Å²) in [7, 11) is 0. The second-order valence-electron chi connectivity index (χ2n) is 4.90. The molecule has 1 aromatic carbocycles. The lowest BCUT2D eigenvalue weighted by atomic mass is 10.1. The molecule has 2 rings (SSSR count). The molecule has 19 heavy (non-hydrogen) atoms. The lowest BCUT2D eigenvalue weighted by molar-refractivity contribution is -0.130. The van der Waals surface area contributed by atoms with E-state index in [0.29, 0.717) is 18.9 Å². The third kappa shape index (κ3) is 2.76. The number of aliphatic imine (C=N–C) groups is 1. The van der Waals surface area contributed by atoms with Gasteiger partial charge in [0.05, 0.1) is 0 Å². The molecular weight excluding hydrogens is 238 g/mol. The number of carbonyl (C=O) groups is 1. The molecule has 1 N–H and O–H groups in total. The molecule has 1 amide bonds. The van der Waals surface area contributed by atoms with Gasteiger partial charge >= 0.3 is 0 Å². The Labute approximate surface area is 113 Å². The van der Waals surface area contributed by atoms with Crippen molar-refractivity contribution in [2.24, 2.45) is 4.99 Å². The summed E-state index contributed by atoms with van der Waals surface area (Å²) in [6.07, 6.45) is 5.78. The van der Waals surface area contributed by atoms with E-state index in [4.69, 9.17) is 6.42 Å². The van der Waals surface area contributed by atoms with Crippen LogP contribution in [0.3, 0.4) is 0 Å². The molecule has 0 aliphatic carbocycles. The van der Waals surface area contributed by atoms with Crippen molar-refractivity contribution < 1.29 is 4.79 Å². The van der Waals surface area contributed by atoms with E-state index < -0.39 is 5.54 Å². The fraction of sp³-hybridized carbons (Fsp3) is 0.333. The summed E-state index contributed by atoms with van der Waals surface area (Å²) >= 11 is 0. The first-order chi connectivity index (χ1) is 9.04. The number of anilines is 1. The molecule has 0 atom stereocenters. The maximum Gasteiger partial charge on any atom is 0.256 e. The highest BCUT2D eigenvalue weighted by Gasteiger charge is 2.40. The molecule has 0 fully saturated rings. The number of terminal acetylenes is 1. The molecule has 0 saturated carbocycles. The minimum Gasteiger partial charge on any atom is -0.326 e. The van der Waals surface area contributed by atoms with Crippen LogP contribution in [-0.2, 0) is 4.79 Å². The van der Waals surface area contributed by atoms with E-state index in [1.54, 1.807) is 18.7 Å². The molecule has 0 unspecified atom stereocenters. The van der Waals surface area contributed by atoms with Crippen LogP contribution in [0.2, 0.25) is 0 Å². The number of para-hydroxylation sites is 1. The largest absolute Gasteiger partial charge is 0.326 e. The van der Waals surface area contributed by atoms with Gasteiger partial charge in [0, 0.05) is 18.7 Å². The average Bonchev–Trinajstić information content (AvgIpc) is 2.59. The van der Waals surface area contributed by atoms with E-state index in [1.807, 2.05) is 30.3 Å². The standard InChI is InChI=1S/C15H17N3O/c1-4-5-11-18-13(19)15(2,3)17-14(18)16-12-9-7-6-8-10-12/h1,6-10H,5,11H2,2-3H3,(H,16,17). The summed E-state index contributed by atoms with van der Waals surface area (Å²) in [6, 6.07) is 9.65. The Balaban J connectivity index is 2.21. The lowest BCUT2D eigenvalue weighted by Gasteiger charge is -2.20. The number of guanidine groups is 1. The van der Waals surface area contributed by atoms with Crippen molar-refractivity contribution in [3.63, 3.8) is 0 Å². The normalized spacial score (nSPS) is 17.0. The van der Waals surface area contributed by atoms with Crippen molar-refractivity contribution >= 4 is 17.6 Å². The first-order valence-corrected chi connectivity index (χ1v) is 6.22. The van der Waals surface area contributed by atoms with Crippen LogP contribution in [0.4, 0.5) is 5.69 Å². The summed E-state index contributed by atoms with van der Waals surface area (Å²) in [5.74, 6) is 3.09. The van der Waals surface area contributed by atoms with Crippen molar-refractivity contribution in [3.05, 3.63) is 30.3 Å². The summed E-state index contributed by atoms with van der Waals surface area (Å²) in [5, 5.41) is 3.17. The van der Waals surface area contributed by atoms with Gasteiger partial charge in [-0.15, -0.1) is 12.3 Å². The number of nitrogens with zero attached hydrogens (tertiary/aromatic N) is 2. The maximum absolute atomic E-state index is 12.2. The Hall–Kier alpha value is -2.28. The van der Waals surface area contributed by atoms with Gasteiger partial charge in [-0.05, 0) is 26.0 Å². The van der Waals surface area contributed by atoms with Crippen molar-refractivity contribution in [2.45, 2.75) is 25.8 Å². The first kappa shape index (κ1) is 13.2. The second-order valence-corrected chi connectivity index (χ2v) is 4.90. The van der Waals surface area contributed by atoms with Crippen LogP contribution in [0.15, 0.2) is 35.3 Å². The van der Waals surface area contributed by atoms with E-state index in [2.05, 4.69) is 16.2 Å². The van der Waals surface area contributed by atoms with Gasteiger partial charge in [0.25, 0.3) is 5.91 Å². The molecule has 1 aliphatic heterocycles. The van der Waals surface area contributed by atoms with Crippen LogP contribution in [0.25, 0.3) is 0 Å². The predicted octanol–water partition coefficient (Wildman–Crippen LogP) is 2.10. The minimum absolute atomic E-state index is 0.0267. The third-order valence-electron chi connectivity index (χ3n) is 2.92. The molecular formula is C15H17N3O. The van der Waals surface area contributed by atoms with E-state index in [-0.39, 0.29) is 5.91 Å². The SMILES string of the molecule is C#CCCN1C(=O)C(C)(C)N=C1Nc1ccccc1. The van der Waals surface area contributed by atoms with Gasteiger partial charge < -0.3 is 5.32 Å². The molecule has 1 aliphatic rings. The number of rotatable bonds is 3. The van der Waals surface area contributed by atoms with Crippen LogP contribution in [0, 0.1) is 12.3 Å². The number of hydrogen-bond acceptors (Lipinski definition) is 3. The quantitative estimate of drug-likeness (QED) is 0.841. The van der Waals surface area contributed by atoms with Gasteiger partial charge in [-0.1, -0.05) is 18.2 Å². The molecule has 98 valence electrons. The van der Waals surface area contributed by atoms with Gasteiger partial charge in [-0.25, -0.2) is 4.99 Å². The smallest absolute Gasteiger partial charge is 0.256 e. The van der Waals surface area contributed by atoms with Gasteiger partial charge in [0.15, 0.2) is 0 Å². The monoisotopic (exact) mass is 255 g/mol. The fourth-order valence-electron chi connectivity index (χ4n) is 1.93. The molecule has 4 nitrogen and oxygen atoms in total. The van der Waals surface area contributed by atoms with Crippen molar-refractivity contribution in [3.8, 4) is 12.3 Å². The molecule has 0 bridgehead atoms. The number of hydrogen-bond donors (Lipinski definition) is 1. The van der Waals surface area contributed by atoms with Crippen LogP contribution < -0.4 is 5.32 Å². The number of benzene rings is 1. The van der Waals surface area contributed by atoms with Crippen molar-refractivity contribution in [2.75, 3.05) is 11.9 Å². The zero-order chi connectivity index (χ0) is 13.9. The molecule has 0 aromatic heterocycles. The molecule has 0 spiro atoms. The van der Waals surface area contributed by atoms with E-state index >= 15 is 0 Å². The number of carbonyl (C=O) groups excluding carboxylic acids is 1. The summed E-state index contributed by atoms with van der Waals surface area (Å²) in [4.78, 5) is 18.3. The van der Waals surface area contributed by atoms with Crippen molar-refractivity contribution in [1.82, 2.24) is 4.90 Å². The Morgan fingerprint density at radius 1 is 1.37 bits per heavy atom. The summed E-state index contributed by atoms with van der Waals surface area (Å²) in [5.41, 5.74) is 0.170. The molecule has 1 aromatic rings. The minimum atomic E-state index is -0.730. The zero-order valence-corrected chi connectivity index (χ0v) is 11.2. The van der Waals surface area contributed by atoms with Gasteiger partial charge in [-0.3, -0.25) is 9.69 Å². The van der Waals surface area contributed by atoms with Crippen LogP contribution in [0.5, 0.6) is 0 Å². The number of amides is 1. The highest BCUT2D eigenvalue weighted by Crippen LogP contribution is 2.23. The molecule has 4 heteroatoms. The van der Waals surface area contributed by atoms with Gasteiger partial charge in [0.2, 0.25) is 5.96 Å². The highest BCUT2D eigenvalue weighted by molar-refractivity contribution is 6.11. The first-order valence-electron chi connectivity index (χ1n) is 6.22. The molecule has 0 saturated heterocycles. The van der Waals surface area contributed by atoms with Crippen molar-refractivity contribution in [1.29, 1.82) is 0 Å². The second kappa shape index (κ2) is 5.15. The Morgan fingerprint density at radius 3 is 2.68 bits per heavy atom. The Kier molecular flexibility index (Phi) is 3.57. The lowest BCUT2D eigenvalue weighted by Crippen LogP contribution is -2.41. The fourth-order valence-corrected chi connectivity index (χ4v) is 1.93. The molecule has 0 radical (unpaired) electrons. The Bertz CT molecular complexity index is 540. The van der Waals surface area contributed by atoms with Crippen LogP contribution in [-0.4, -0.2) is 28.9 Å². The maximum atomic E-state index is 12.2. The average molecular weight is 255 g/mol. The highest BCUT2D eigenvalue weighted by atomic mass is 16.2. The molecule has 1 heterocycles. The summed E-state index contributed by atoms with van der Waals surface area (Å²) in [6.45, 7) is 4.09. The number of nitrogens with one attached hydrogen (secondary N) is 1. The van der Waals surface area contributed by atoms with Gasteiger partial charge in [0.1, 0.15) is 5.54 Å². The van der Waals surface area contributed by atoms with E-state index in [1.165, 1.54) is 0 Å². The topological polar surface area (TPSA) is 44.7 Å². The third-order valence-corrected chi connectivity index (χ3v) is 2.92. The predicted molar refractivity (Wildman–Crippen MR) is 76.7 cm³/mol. The van der Waals surface area contributed by atoms with Gasteiger partial charge in [-0.2, -0.15) is 0 Å². The van der Waals surface area contributed by atoms with E-state index in [9.17, 15) is 4.79 Å². The zero-order valence-electron chi connectivity index (χ0n) is 11.2. The Morgan fingerprint density at radius 2 is 2.05 bits per heavy atom. The van der Waals surface area contributed by atoms with Crippen LogP contribution >= 0.6 is 0 Å². The van der Waals surface area contributed by atoms with E-state index in [0.717, 1.165) is 5.69 Å².